The third-order valence-electron chi connectivity index (χ3n) is 6.21. The lowest BCUT2D eigenvalue weighted by atomic mass is 9.95. The summed E-state index contributed by atoms with van der Waals surface area (Å²) in [5, 5.41) is 17.0. The molecule has 1 aromatic carbocycles. The van der Waals surface area contributed by atoms with Crippen molar-refractivity contribution in [2.45, 2.75) is 20.8 Å². The van der Waals surface area contributed by atoms with E-state index in [-0.39, 0.29) is 5.91 Å². The van der Waals surface area contributed by atoms with Crippen LogP contribution in [0.5, 0.6) is 0 Å². The number of aromatic amines is 2. The Kier molecular flexibility index (Phi) is 5.19. The van der Waals surface area contributed by atoms with Crippen LogP contribution in [0.1, 0.15) is 20.8 Å². The summed E-state index contributed by atoms with van der Waals surface area (Å²) in [4.78, 5) is 24.7. The van der Waals surface area contributed by atoms with Gasteiger partial charge in [-0.3, -0.25) is 19.9 Å². The Morgan fingerprint density at radius 3 is 2.56 bits per heavy atom. The Morgan fingerprint density at radius 2 is 1.75 bits per heavy atom. The van der Waals surface area contributed by atoms with Crippen LogP contribution in [0.15, 0.2) is 71.9 Å². The number of benzene rings is 1. The van der Waals surface area contributed by atoms with Crippen LogP contribution in [0, 0.1) is 5.41 Å². The van der Waals surface area contributed by atoms with Crippen LogP contribution in [0.25, 0.3) is 55.4 Å². The zero-order chi connectivity index (χ0) is 24.9. The van der Waals surface area contributed by atoms with Gasteiger partial charge in [-0.25, -0.2) is 0 Å². The summed E-state index contributed by atoms with van der Waals surface area (Å²) < 4.78 is 0. The number of carbonyl (C=O) groups is 1. The molecule has 0 saturated carbocycles. The first kappa shape index (κ1) is 22.2. The summed E-state index contributed by atoms with van der Waals surface area (Å²) in [6.07, 6.45) is 7.22. The first-order valence-corrected chi connectivity index (χ1v) is 12.6. The largest absolute Gasteiger partial charge is 0.352 e. The topological polar surface area (TPSA) is 99.3 Å². The van der Waals surface area contributed by atoms with E-state index >= 15 is 0 Å². The number of anilines is 1. The predicted octanol–water partition coefficient (Wildman–Crippen LogP) is 6.88. The average molecular weight is 493 g/mol. The van der Waals surface area contributed by atoms with E-state index in [1.807, 2.05) is 51.4 Å². The Morgan fingerprint density at radius 1 is 0.889 bits per heavy atom. The number of H-pyrrole nitrogens is 2. The third-order valence-corrected chi connectivity index (χ3v) is 6.89. The number of pyridine rings is 2. The molecule has 1 amide bonds. The van der Waals surface area contributed by atoms with Crippen LogP contribution in [-0.2, 0) is 4.79 Å². The summed E-state index contributed by atoms with van der Waals surface area (Å²) in [5.74, 6) is -0.0517. The maximum absolute atomic E-state index is 12.4. The number of carbonyl (C=O) groups excluding carboxylic acids is 1. The Labute approximate surface area is 211 Å². The lowest BCUT2D eigenvalue weighted by Crippen LogP contribution is -2.27. The summed E-state index contributed by atoms with van der Waals surface area (Å²) in [6, 6.07) is 12.3. The van der Waals surface area contributed by atoms with Crippen LogP contribution >= 0.6 is 11.3 Å². The van der Waals surface area contributed by atoms with E-state index in [9.17, 15) is 4.79 Å². The average Bonchev–Trinajstić information content (AvgIpc) is 3.62. The van der Waals surface area contributed by atoms with Crippen molar-refractivity contribution in [2.75, 3.05) is 5.32 Å². The molecule has 0 unspecified atom stereocenters. The van der Waals surface area contributed by atoms with Gasteiger partial charge in [-0.1, -0.05) is 26.8 Å². The number of amides is 1. The highest BCUT2D eigenvalue weighted by Crippen LogP contribution is 2.35. The fourth-order valence-corrected chi connectivity index (χ4v) is 4.87. The van der Waals surface area contributed by atoms with Gasteiger partial charge in [0, 0.05) is 39.7 Å². The molecule has 0 radical (unpaired) electrons. The summed E-state index contributed by atoms with van der Waals surface area (Å²) in [7, 11) is 0. The number of aromatic nitrogens is 5. The van der Waals surface area contributed by atoms with E-state index in [2.05, 4.69) is 59.4 Å². The van der Waals surface area contributed by atoms with E-state index < -0.39 is 5.41 Å². The molecular weight excluding hydrogens is 468 g/mol. The molecule has 178 valence electrons. The molecule has 0 aliphatic heterocycles. The molecule has 0 spiro atoms. The van der Waals surface area contributed by atoms with Crippen molar-refractivity contribution in [2.24, 2.45) is 5.41 Å². The highest BCUT2D eigenvalue weighted by molar-refractivity contribution is 7.08. The normalized spacial score (nSPS) is 11.9. The number of rotatable bonds is 4. The van der Waals surface area contributed by atoms with Gasteiger partial charge in [0.1, 0.15) is 5.69 Å². The van der Waals surface area contributed by atoms with E-state index in [1.165, 1.54) is 0 Å². The first-order chi connectivity index (χ1) is 17.4. The number of hydrogen-bond donors (Lipinski definition) is 3. The van der Waals surface area contributed by atoms with E-state index in [0.717, 1.165) is 55.4 Å². The second-order valence-corrected chi connectivity index (χ2v) is 10.6. The molecule has 36 heavy (non-hydrogen) atoms. The number of fused-ring (bicyclic) bond motifs is 2. The minimum absolute atomic E-state index is 0.0517. The van der Waals surface area contributed by atoms with Crippen molar-refractivity contribution in [3.05, 3.63) is 71.9 Å². The van der Waals surface area contributed by atoms with E-state index in [1.54, 1.807) is 23.7 Å². The molecule has 5 aromatic heterocycles. The molecule has 6 aromatic rings. The van der Waals surface area contributed by atoms with Crippen molar-refractivity contribution in [1.29, 1.82) is 0 Å². The second kappa shape index (κ2) is 8.42. The van der Waals surface area contributed by atoms with Crippen molar-refractivity contribution < 1.29 is 4.79 Å². The molecule has 0 atom stereocenters. The minimum Gasteiger partial charge on any atom is -0.352 e. The van der Waals surface area contributed by atoms with Gasteiger partial charge in [0.05, 0.1) is 34.8 Å². The van der Waals surface area contributed by atoms with Crippen molar-refractivity contribution >= 4 is 44.7 Å². The predicted molar refractivity (Wildman–Crippen MR) is 146 cm³/mol. The zero-order valence-corrected chi connectivity index (χ0v) is 20.9. The Balaban J connectivity index is 1.40. The quantitative estimate of drug-likeness (QED) is 0.250. The number of nitrogens with one attached hydrogen (secondary N) is 3. The molecule has 5 heterocycles. The molecule has 8 heteroatoms. The van der Waals surface area contributed by atoms with Gasteiger partial charge < -0.3 is 10.3 Å². The van der Waals surface area contributed by atoms with Crippen molar-refractivity contribution in [1.82, 2.24) is 25.1 Å². The SMILES string of the molecule is CC(C)(C)C(=O)Nc1cncc(-c2ccc3[nH]nc(-c4cc5c(-c6ccsc6)cncc5[nH]4)c3c2)c1. The first-order valence-electron chi connectivity index (χ1n) is 11.6. The molecule has 0 aliphatic carbocycles. The molecule has 7 nitrogen and oxygen atoms in total. The van der Waals surface area contributed by atoms with Gasteiger partial charge >= 0.3 is 0 Å². The number of nitrogens with zero attached hydrogens (tertiary/aromatic N) is 3. The fraction of sp³-hybridized carbons (Fsp3) is 0.143. The molecule has 3 N–H and O–H groups in total. The summed E-state index contributed by atoms with van der Waals surface area (Å²) in [5.41, 5.74) is 7.99. The third kappa shape index (κ3) is 3.95. The van der Waals surface area contributed by atoms with Crippen molar-refractivity contribution in [3.8, 4) is 33.6 Å². The second-order valence-electron chi connectivity index (χ2n) is 9.84. The molecule has 0 aliphatic rings. The van der Waals surface area contributed by atoms with Crippen LogP contribution in [0.4, 0.5) is 5.69 Å². The van der Waals surface area contributed by atoms with Gasteiger partial charge in [-0.15, -0.1) is 0 Å². The maximum atomic E-state index is 12.4. The van der Waals surface area contributed by atoms with Crippen molar-refractivity contribution in [3.63, 3.8) is 0 Å². The number of hydrogen-bond acceptors (Lipinski definition) is 5. The molecule has 0 saturated heterocycles. The van der Waals surface area contributed by atoms with Gasteiger partial charge in [0.25, 0.3) is 0 Å². The van der Waals surface area contributed by atoms with Gasteiger partial charge in [0.15, 0.2) is 0 Å². The molecule has 0 fully saturated rings. The molecule has 6 rings (SSSR count). The lowest BCUT2D eigenvalue weighted by molar-refractivity contribution is -0.123. The number of thiophene rings is 1. The van der Waals surface area contributed by atoms with Gasteiger partial charge in [-0.2, -0.15) is 16.4 Å². The lowest BCUT2D eigenvalue weighted by Gasteiger charge is -2.17. The Hall–Kier alpha value is -4.30. The monoisotopic (exact) mass is 492 g/mol. The maximum Gasteiger partial charge on any atom is 0.229 e. The van der Waals surface area contributed by atoms with Crippen LogP contribution in [-0.4, -0.2) is 31.1 Å². The van der Waals surface area contributed by atoms with Crippen LogP contribution < -0.4 is 5.32 Å². The minimum atomic E-state index is -0.487. The van der Waals surface area contributed by atoms with E-state index in [4.69, 9.17) is 0 Å². The van der Waals surface area contributed by atoms with Gasteiger partial charge in [-0.05, 0) is 52.2 Å². The molecular formula is C28H24N6OS. The highest BCUT2D eigenvalue weighted by Gasteiger charge is 2.21. The van der Waals surface area contributed by atoms with Crippen LogP contribution in [0.2, 0.25) is 0 Å². The summed E-state index contributed by atoms with van der Waals surface area (Å²) in [6.45, 7) is 5.66. The zero-order valence-electron chi connectivity index (χ0n) is 20.1. The molecule has 0 bridgehead atoms. The van der Waals surface area contributed by atoms with E-state index in [0.29, 0.717) is 5.69 Å². The highest BCUT2D eigenvalue weighted by atomic mass is 32.1. The van der Waals surface area contributed by atoms with Gasteiger partial charge in [0.2, 0.25) is 5.91 Å². The smallest absolute Gasteiger partial charge is 0.229 e. The summed E-state index contributed by atoms with van der Waals surface area (Å²) >= 11 is 1.67. The Bertz CT molecular complexity index is 1720. The van der Waals surface area contributed by atoms with Crippen LogP contribution in [0.3, 0.4) is 0 Å². The fourth-order valence-electron chi connectivity index (χ4n) is 4.21. The standard InChI is InChI=1S/C28H24N6OS/c1-28(2,3)27(35)31-19-8-18(11-29-12-19)16-4-5-23-21(9-16)26(34-33-23)24-10-20-22(17-6-7-36-15-17)13-30-14-25(20)32-24/h4-15,32H,1-3H3,(H,31,35)(H,33,34).